The van der Waals surface area contributed by atoms with Crippen LogP contribution in [0.3, 0.4) is 0 Å². The first-order valence-electron chi connectivity index (χ1n) is 5.95. The fourth-order valence-corrected chi connectivity index (χ4v) is 1.98. The second kappa shape index (κ2) is 6.23. The van der Waals surface area contributed by atoms with Gasteiger partial charge in [0.1, 0.15) is 6.54 Å². The summed E-state index contributed by atoms with van der Waals surface area (Å²) in [5, 5.41) is 9.35. The van der Waals surface area contributed by atoms with Crippen LogP contribution in [-0.4, -0.2) is 28.5 Å². The number of amides is 1. The number of pyridine rings is 1. The number of rotatable bonds is 4. The number of anilines is 1. The van der Waals surface area contributed by atoms with Crippen LogP contribution in [0.5, 0.6) is 0 Å². The number of halogens is 1. The van der Waals surface area contributed by atoms with E-state index in [1.807, 2.05) is 0 Å². The molecule has 6 nitrogen and oxygen atoms in total. The zero-order valence-electron chi connectivity index (χ0n) is 10.7. The van der Waals surface area contributed by atoms with E-state index < -0.39 is 24.0 Å². The number of carbonyl (C=O) groups excluding carboxylic acids is 1. The van der Waals surface area contributed by atoms with Gasteiger partial charge in [-0.1, -0.05) is 17.7 Å². The minimum atomic E-state index is -1.17. The van der Waals surface area contributed by atoms with Gasteiger partial charge >= 0.3 is 5.97 Å². The van der Waals surface area contributed by atoms with Gasteiger partial charge in [0, 0.05) is 28.5 Å². The number of hydrogen-bond acceptors (Lipinski definition) is 3. The Balaban J connectivity index is 2.43. The Morgan fingerprint density at radius 3 is 2.62 bits per heavy atom. The SMILES string of the molecule is O=C(O)CN(C(=O)c1cc[nH]c(=O)c1)c1cccc(Cl)c1. The molecule has 0 radical (unpaired) electrons. The summed E-state index contributed by atoms with van der Waals surface area (Å²) in [4.78, 5) is 38.1. The number of carboxylic acids is 1. The van der Waals surface area contributed by atoms with E-state index in [4.69, 9.17) is 16.7 Å². The van der Waals surface area contributed by atoms with E-state index >= 15 is 0 Å². The van der Waals surface area contributed by atoms with Gasteiger partial charge in [0.15, 0.2) is 0 Å². The smallest absolute Gasteiger partial charge is 0.323 e. The second-order valence-corrected chi connectivity index (χ2v) is 4.64. The van der Waals surface area contributed by atoms with Crippen LogP contribution in [0.2, 0.25) is 5.02 Å². The molecule has 21 heavy (non-hydrogen) atoms. The van der Waals surface area contributed by atoms with Crippen molar-refractivity contribution in [1.29, 1.82) is 0 Å². The van der Waals surface area contributed by atoms with E-state index in [0.29, 0.717) is 10.7 Å². The summed E-state index contributed by atoms with van der Waals surface area (Å²) in [5.41, 5.74) is -0.00243. The summed E-state index contributed by atoms with van der Waals surface area (Å²) in [6, 6.07) is 8.79. The lowest BCUT2D eigenvalue weighted by molar-refractivity contribution is -0.135. The van der Waals surface area contributed by atoms with Crippen LogP contribution in [-0.2, 0) is 4.79 Å². The average Bonchev–Trinajstić information content (AvgIpc) is 2.44. The van der Waals surface area contributed by atoms with Crippen LogP contribution in [0.25, 0.3) is 0 Å². The van der Waals surface area contributed by atoms with Gasteiger partial charge in [-0.05, 0) is 24.3 Å². The van der Waals surface area contributed by atoms with Gasteiger partial charge in [-0.2, -0.15) is 0 Å². The highest BCUT2D eigenvalue weighted by molar-refractivity contribution is 6.31. The lowest BCUT2D eigenvalue weighted by Crippen LogP contribution is -2.36. The molecule has 7 heteroatoms. The topological polar surface area (TPSA) is 90.5 Å². The molecule has 1 amide bonds. The number of aromatic amines is 1. The Bertz CT molecular complexity index is 742. The number of aromatic nitrogens is 1. The number of nitrogens with one attached hydrogen (secondary N) is 1. The van der Waals surface area contributed by atoms with Crippen molar-refractivity contribution < 1.29 is 14.7 Å². The third-order valence-corrected chi connectivity index (χ3v) is 2.92. The van der Waals surface area contributed by atoms with Crippen LogP contribution in [0.1, 0.15) is 10.4 Å². The average molecular weight is 307 g/mol. The molecule has 0 aliphatic rings. The molecular formula is C14H11ClN2O4. The Morgan fingerprint density at radius 2 is 2.00 bits per heavy atom. The molecule has 2 aromatic rings. The van der Waals surface area contributed by atoms with Crippen LogP contribution < -0.4 is 10.5 Å². The van der Waals surface area contributed by atoms with E-state index in [2.05, 4.69) is 4.98 Å². The predicted octanol–water partition coefficient (Wildman–Crippen LogP) is 1.76. The number of hydrogen-bond donors (Lipinski definition) is 2. The van der Waals surface area contributed by atoms with Crippen molar-refractivity contribution in [3.8, 4) is 0 Å². The summed E-state index contributed by atoms with van der Waals surface area (Å²) in [5.74, 6) is -1.76. The summed E-state index contributed by atoms with van der Waals surface area (Å²) >= 11 is 5.86. The van der Waals surface area contributed by atoms with Crippen molar-refractivity contribution in [2.75, 3.05) is 11.4 Å². The molecule has 1 heterocycles. The molecule has 0 saturated heterocycles. The van der Waals surface area contributed by atoms with Crippen molar-refractivity contribution in [1.82, 2.24) is 4.98 Å². The van der Waals surface area contributed by atoms with Crippen LogP contribution in [0, 0.1) is 0 Å². The molecule has 0 bridgehead atoms. The molecule has 0 unspecified atom stereocenters. The molecule has 2 rings (SSSR count). The maximum Gasteiger partial charge on any atom is 0.323 e. The van der Waals surface area contributed by atoms with Crippen molar-refractivity contribution in [3.63, 3.8) is 0 Å². The van der Waals surface area contributed by atoms with Crippen LogP contribution in [0.15, 0.2) is 47.4 Å². The molecule has 108 valence electrons. The molecule has 1 aromatic carbocycles. The molecule has 0 fully saturated rings. The monoisotopic (exact) mass is 306 g/mol. The maximum atomic E-state index is 12.4. The van der Waals surface area contributed by atoms with Gasteiger partial charge < -0.3 is 10.1 Å². The normalized spacial score (nSPS) is 10.1. The number of carbonyl (C=O) groups is 2. The predicted molar refractivity (Wildman–Crippen MR) is 77.8 cm³/mol. The highest BCUT2D eigenvalue weighted by Crippen LogP contribution is 2.21. The van der Waals surface area contributed by atoms with Crippen molar-refractivity contribution >= 4 is 29.2 Å². The number of aliphatic carboxylic acids is 1. The number of carboxylic acid groups (broad SMARTS) is 1. The quantitative estimate of drug-likeness (QED) is 0.900. The number of nitrogens with zero attached hydrogens (tertiary/aromatic N) is 1. The second-order valence-electron chi connectivity index (χ2n) is 4.21. The summed E-state index contributed by atoms with van der Waals surface area (Å²) in [7, 11) is 0. The highest BCUT2D eigenvalue weighted by Gasteiger charge is 2.20. The third kappa shape index (κ3) is 3.70. The molecule has 0 saturated carbocycles. The van der Waals surface area contributed by atoms with Crippen LogP contribution >= 0.6 is 11.6 Å². The fraction of sp³-hybridized carbons (Fsp3) is 0.0714. The zero-order chi connectivity index (χ0) is 15.4. The van der Waals surface area contributed by atoms with Gasteiger partial charge in [-0.25, -0.2) is 0 Å². The molecule has 0 aliphatic heterocycles. The van der Waals surface area contributed by atoms with Gasteiger partial charge in [0.2, 0.25) is 5.56 Å². The van der Waals surface area contributed by atoms with Crippen molar-refractivity contribution in [3.05, 3.63) is 63.5 Å². The Kier molecular flexibility index (Phi) is 4.39. The van der Waals surface area contributed by atoms with E-state index in [1.54, 1.807) is 18.2 Å². The standard InChI is InChI=1S/C14H11ClN2O4/c15-10-2-1-3-11(7-10)17(8-13(19)20)14(21)9-4-5-16-12(18)6-9/h1-7H,8H2,(H,16,18)(H,19,20). The minimum absolute atomic E-state index is 0.0972. The summed E-state index contributed by atoms with van der Waals surface area (Å²) in [6.45, 7) is -0.536. The van der Waals surface area contributed by atoms with E-state index in [1.165, 1.54) is 18.3 Å². The first kappa shape index (κ1) is 14.8. The summed E-state index contributed by atoms with van der Waals surface area (Å²) < 4.78 is 0. The lowest BCUT2D eigenvalue weighted by Gasteiger charge is -2.21. The first-order chi connectivity index (χ1) is 9.97. The van der Waals surface area contributed by atoms with Gasteiger partial charge in [0.25, 0.3) is 5.91 Å². The fourth-order valence-electron chi connectivity index (χ4n) is 1.79. The zero-order valence-corrected chi connectivity index (χ0v) is 11.5. The molecular weight excluding hydrogens is 296 g/mol. The van der Waals surface area contributed by atoms with Crippen molar-refractivity contribution in [2.24, 2.45) is 0 Å². The van der Waals surface area contributed by atoms with E-state index in [0.717, 1.165) is 11.0 Å². The Hall–Kier alpha value is -2.60. The largest absolute Gasteiger partial charge is 0.480 e. The maximum absolute atomic E-state index is 12.4. The van der Waals surface area contributed by atoms with Crippen molar-refractivity contribution in [2.45, 2.75) is 0 Å². The molecule has 0 atom stereocenters. The molecule has 0 aliphatic carbocycles. The highest BCUT2D eigenvalue weighted by atomic mass is 35.5. The van der Waals surface area contributed by atoms with Gasteiger partial charge in [-0.15, -0.1) is 0 Å². The third-order valence-electron chi connectivity index (χ3n) is 2.68. The Labute approximate surface area is 124 Å². The lowest BCUT2D eigenvalue weighted by atomic mass is 10.2. The van der Waals surface area contributed by atoms with Gasteiger partial charge in [0.05, 0.1) is 0 Å². The minimum Gasteiger partial charge on any atom is -0.480 e. The van der Waals surface area contributed by atoms with E-state index in [-0.39, 0.29) is 5.56 Å². The van der Waals surface area contributed by atoms with Crippen LogP contribution in [0.4, 0.5) is 5.69 Å². The van der Waals surface area contributed by atoms with E-state index in [9.17, 15) is 14.4 Å². The number of benzene rings is 1. The molecule has 0 spiro atoms. The Morgan fingerprint density at radius 1 is 1.24 bits per heavy atom. The summed E-state index contributed by atoms with van der Waals surface area (Å²) in [6.07, 6.45) is 1.33. The molecule has 2 N–H and O–H groups in total. The molecule has 1 aromatic heterocycles. The first-order valence-corrected chi connectivity index (χ1v) is 6.33. The van der Waals surface area contributed by atoms with Gasteiger partial charge in [-0.3, -0.25) is 19.3 Å². The number of H-pyrrole nitrogens is 1.